The molecule has 2 aromatic carbocycles. The highest BCUT2D eigenvalue weighted by Crippen LogP contribution is 2.43. The molecule has 24 heavy (non-hydrogen) atoms. The van der Waals surface area contributed by atoms with E-state index in [2.05, 4.69) is 15.9 Å². The molecule has 3 nitrogen and oxygen atoms in total. The van der Waals surface area contributed by atoms with Crippen LogP contribution in [-0.2, 0) is 11.2 Å². The van der Waals surface area contributed by atoms with Crippen LogP contribution in [0.2, 0.25) is 0 Å². The van der Waals surface area contributed by atoms with Crippen molar-refractivity contribution in [2.75, 3.05) is 4.90 Å². The fourth-order valence-electron chi connectivity index (χ4n) is 3.03. The summed E-state index contributed by atoms with van der Waals surface area (Å²) < 4.78 is 33.6. The van der Waals surface area contributed by atoms with Gasteiger partial charge in [0.2, 0.25) is 5.91 Å². The van der Waals surface area contributed by atoms with E-state index >= 15 is 0 Å². The van der Waals surface area contributed by atoms with Gasteiger partial charge < -0.3 is 9.64 Å². The van der Waals surface area contributed by atoms with Crippen molar-refractivity contribution in [1.29, 1.82) is 0 Å². The highest BCUT2D eigenvalue weighted by atomic mass is 79.9. The van der Waals surface area contributed by atoms with Gasteiger partial charge in [0.05, 0.1) is 10.2 Å². The second-order valence-corrected chi connectivity index (χ2v) is 6.68. The molecule has 0 bridgehead atoms. The Bertz CT molecular complexity index is 810. The molecule has 0 saturated carbocycles. The van der Waals surface area contributed by atoms with Gasteiger partial charge in [0.1, 0.15) is 11.6 Å². The van der Waals surface area contributed by atoms with Gasteiger partial charge in [-0.15, -0.1) is 0 Å². The van der Waals surface area contributed by atoms with E-state index in [4.69, 9.17) is 4.74 Å². The van der Waals surface area contributed by atoms with Crippen LogP contribution in [0, 0.1) is 11.6 Å². The predicted molar refractivity (Wildman–Crippen MR) is 91.5 cm³/mol. The zero-order chi connectivity index (χ0) is 17.4. The second-order valence-electron chi connectivity index (χ2n) is 5.83. The Kier molecular flexibility index (Phi) is 4.58. The number of benzene rings is 2. The van der Waals surface area contributed by atoms with Gasteiger partial charge in [-0.25, -0.2) is 8.78 Å². The van der Waals surface area contributed by atoms with Crippen molar-refractivity contribution in [2.24, 2.45) is 0 Å². The third kappa shape index (κ3) is 3.02. The summed E-state index contributed by atoms with van der Waals surface area (Å²) in [5.74, 6) is -1.05. The lowest BCUT2D eigenvalue weighted by atomic mass is 9.95. The number of fused-ring (bicyclic) bond motifs is 1. The Hall–Kier alpha value is -1.95. The van der Waals surface area contributed by atoms with Crippen LogP contribution >= 0.6 is 15.9 Å². The predicted octanol–water partition coefficient (Wildman–Crippen LogP) is 5.21. The maximum absolute atomic E-state index is 13.9. The third-order valence-corrected chi connectivity index (χ3v) is 4.77. The first kappa shape index (κ1) is 16.9. The van der Waals surface area contributed by atoms with Crippen molar-refractivity contribution in [2.45, 2.75) is 32.7 Å². The van der Waals surface area contributed by atoms with Gasteiger partial charge in [-0.05, 0) is 60.0 Å². The number of hydrogen-bond donors (Lipinski definition) is 0. The number of rotatable bonds is 2. The number of amides is 1. The molecule has 1 heterocycles. The van der Waals surface area contributed by atoms with Crippen molar-refractivity contribution >= 4 is 27.5 Å². The first-order valence-electron chi connectivity index (χ1n) is 7.62. The Labute approximate surface area is 147 Å². The van der Waals surface area contributed by atoms with Crippen LogP contribution in [0.1, 0.15) is 25.8 Å². The topological polar surface area (TPSA) is 29.5 Å². The maximum atomic E-state index is 13.9. The second kappa shape index (κ2) is 6.51. The molecule has 0 aliphatic carbocycles. The normalized spacial score (nSPS) is 16.7. The molecule has 0 N–H and O–H groups in total. The number of nitrogens with zero attached hydrogens (tertiary/aromatic N) is 1. The minimum atomic E-state index is -0.645. The van der Waals surface area contributed by atoms with Gasteiger partial charge in [0.15, 0.2) is 11.6 Å². The molecule has 3 rings (SSSR count). The number of halogens is 3. The molecule has 0 spiro atoms. The minimum Gasteiger partial charge on any atom is -0.453 e. The standard InChI is InChI=1S/C18H16BrF2NO2/c1-10-3-5-13-16(22(10)11(2)23)8-6-14(19)18(13)24-17-9-12(20)4-7-15(17)21/h4,6-10H,3,5H2,1-2H3. The molecule has 0 aromatic heterocycles. The average molecular weight is 396 g/mol. The van der Waals surface area contributed by atoms with Crippen molar-refractivity contribution in [3.8, 4) is 11.5 Å². The summed E-state index contributed by atoms with van der Waals surface area (Å²) in [6, 6.07) is 6.74. The zero-order valence-corrected chi connectivity index (χ0v) is 14.9. The highest BCUT2D eigenvalue weighted by Gasteiger charge is 2.29. The van der Waals surface area contributed by atoms with E-state index in [0.29, 0.717) is 16.6 Å². The van der Waals surface area contributed by atoms with Crippen LogP contribution in [0.3, 0.4) is 0 Å². The molecule has 6 heteroatoms. The van der Waals surface area contributed by atoms with Crippen LogP contribution in [0.25, 0.3) is 0 Å². The Morgan fingerprint density at radius 3 is 2.75 bits per heavy atom. The fraction of sp³-hybridized carbons (Fsp3) is 0.278. The molecular weight excluding hydrogens is 380 g/mol. The number of carbonyl (C=O) groups is 1. The summed E-state index contributed by atoms with van der Waals surface area (Å²) >= 11 is 3.40. The lowest BCUT2D eigenvalue weighted by molar-refractivity contribution is -0.117. The number of carbonyl (C=O) groups excluding carboxylic acids is 1. The molecule has 0 radical (unpaired) electrons. The van der Waals surface area contributed by atoms with Gasteiger partial charge >= 0.3 is 0 Å². The highest BCUT2D eigenvalue weighted by molar-refractivity contribution is 9.10. The van der Waals surface area contributed by atoms with E-state index < -0.39 is 11.6 Å². The van der Waals surface area contributed by atoms with E-state index in [9.17, 15) is 13.6 Å². The first-order chi connectivity index (χ1) is 11.4. The Morgan fingerprint density at radius 1 is 1.29 bits per heavy atom. The Morgan fingerprint density at radius 2 is 2.04 bits per heavy atom. The number of anilines is 1. The summed E-state index contributed by atoms with van der Waals surface area (Å²) in [4.78, 5) is 13.7. The molecule has 1 amide bonds. The maximum Gasteiger partial charge on any atom is 0.224 e. The smallest absolute Gasteiger partial charge is 0.224 e. The monoisotopic (exact) mass is 395 g/mol. The third-order valence-electron chi connectivity index (χ3n) is 4.14. The summed E-state index contributed by atoms with van der Waals surface area (Å²) in [5, 5.41) is 0. The molecule has 1 unspecified atom stereocenters. The van der Waals surface area contributed by atoms with Crippen LogP contribution < -0.4 is 9.64 Å². The molecule has 1 aliphatic heterocycles. The lowest BCUT2D eigenvalue weighted by Crippen LogP contribution is -2.40. The van der Waals surface area contributed by atoms with Crippen molar-refractivity contribution in [1.82, 2.24) is 0 Å². The Balaban J connectivity index is 2.09. The SMILES string of the molecule is CC(=O)N1c2ccc(Br)c(Oc3cc(F)ccc3F)c2CCC1C. The molecule has 0 fully saturated rings. The molecular formula is C18H16BrF2NO2. The zero-order valence-electron chi connectivity index (χ0n) is 13.3. The largest absolute Gasteiger partial charge is 0.453 e. The van der Waals surface area contributed by atoms with Crippen molar-refractivity contribution in [3.63, 3.8) is 0 Å². The fourth-order valence-corrected chi connectivity index (χ4v) is 3.48. The molecule has 1 aliphatic rings. The lowest BCUT2D eigenvalue weighted by Gasteiger charge is -2.35. The minimum absolute atomic E-state index is 0.0614. The van der Waals surface area contributed by atoms with Crippen molar-refractivity contribution in [3.05, 3.63) is 52.0 Å². The van der Waals surface area contributed by atoms with Crippen LogP contribution in [0.15, 0.2) is 34.8 Å². The first-order valence-corrected chi connectivity index (χ1v) is 8.42. The van der Waals surface area contributed by atoms with Crippen LogP contribution in [-0.4, -0.2) is 11.9 Å². The summed E-state index contributed by atoms with van der Waals surface area (Å²) in [6.07, 6.45) is 1.46. The molecule has 0 saturated heterocycles. The van der Waals surface area contributed by atoms with E-state index in [1.807, 2.05) is 13.0 Å². The van der Waals surface area contributed by atoms with Crippen molar-refractivity contribution < 1.29 is 18.3 Å². The summed E-state index contributed by atoms with van der Waals surface area (Å²) in [5.41, 5.74) is 1.55. The van der Waals surface area contributed by atoms with Crippen LogP contribution in [0.5, 0.6) is 11.5 Å². The summed E-state index contributed by atoms with van der Waals surface area (Å²) in [6.45, 7) is 3.50. The molecule has 1 atom stereocenters. The van der Waals surface area contributed by atoms with E-state index in [1.54, 1.807) is 11.0 Å². The number of ether oxygens (including phenoxy) is 1. The van der Waals surface area contributed by atoms with E-state index in [1.165, 1.54) is 6.92 Å². The van der Waals surface area contributed by atoms with Crippen LogP contribution in [0.4, 0.5) is 14.5 Å². The quantitative estimate of drug-likeness (QED) is 0.698. The molecule has 126 valence electrons. The van der Waals surface area contributed by atoms with Gasteiger partial charge in [-0.3, -0.25) is 4.79 Å². The van der Waals surface area contributed by atoms with Gasteiger partial charge in [-0.2, -0.15) is 0 Å². The van der Waals surface area contributed by atoms with Gasteiger partial charge in [0.25, 0.3) is 0 Å². The van der Waals surface area contributed by atoms with E-state index in [0.717, 1.165) is 35.9 Å². The van der Waals surface area contributed by atoms with Gasteiger partial charge in [0, 0.05) is 24.6 Å². The van der Waals surface area contributed by atoms with E-state index in [-0.39, 0.29) is 17.7 Å². The average Bonchev–Trinajstić information content (AvgIpc) is 2.52. The number of hydrogen-bond acceptors (Lipinski definition) is 2. The van der Waals surface area contributed by atoms with Gasteiger partial charge in [-0.1, -0.05) is 0 Å². The molecule has 2 aromatic rings. The summed E-state index contributed by atoms with van der Waals surface area (Å²) in [7, 11) is 0.